The minimum Gasteiger partial charge on any atom is -0.339 e. The molecule has 7 heteroatoms. The first-order chi connectivity index (χ1) is 12.4. The van der Waals surface area contributed by atoms with Gasteiger partial charge in [0.1, 0.15) is 4.21 Å². The quantitative estimate of drug-likeness (QED) is 0.784. The monoisotopic (exact) mass is 392 g/mol. The average molecular weight is 393 g/mol. The van der Waals surface area contributed by atoms with Crippen LogP contribution in [0.3, 0.4) is 0 Å². The Labute approximate surface area is 159 Å². The number of thiophene rings is 1. The Morgan fingerprint density at radius 2 is 1.81 bits per heavy atom. The molecular weight excluding hydrogens is 368 g/mol. The molecule has 3 rings (SSSR count). The van der Waals surface area contributed by atoms with E-state index in [1.165, 1.54) is 15.6 Å². The van der Waals surface area contributed by atoms with Crippen LogP contribution in [-0.4, -0.2) is 43.7 Å². The largest absolute Gasteiger partial charge is 0.339 e. The van der Waals surface area contributed by atoms with Crippen LogP contribution in [0.25, 0.3) is 0 Å². The summed E-state index contributed by atoms with van der Waals surface area (Å²) in [5, 5.41) is 1.77. The minimum atomic E-state index is -3.42. The number of rotatable bonds is 5. The highest BCUT2D eigenvalue weighted by atomic mass is 32.2. The van der Waals surface area contributed by atoms with Crippen molar-refractivity contribution >= 4 is 27.3 Å². The fourth-order valence-corrected chi connectivity index (χ4v) is 5.93. The van der Waals surface area contributed by atoms with E-state index in [1.807, 2.05) is 44.3 Å². The van der Waals surface area contributed by atoms with Crippen molar-refractivity contribution in [2.45, 2.75) is 30.0 Å². The van der Waals surface area contributed by atoms with E-state index in [0.29, 0.717) is 30.1 Å². The number of amides is 1. The summed E-state index contributed by atoms with van der Waals surface area (Å²) in [6.45, 7) is 2.80. The van der Waals surface area contributed by atoms with E-state index in [4.69, 9.17) is 0 Å². The second-order valence-electron chi connectivity index (χ2n) is 6.65. The molecule has 26 heavy (non-hydrogen) atoms. The molecule has 1 saturated heterocycles. The molecule has 2 aromatic rings. The SMILES string of the molecule is CC(c1ccccc1)N(C)C(=O)C1CCN(S(=O)(=O)c2cccs2)CC1. The highest BCUT2D eigenvalue weighted by Gasteiger charge is 2.34. The van der Waals surface area contributed by atoms with Crippen LogP contribution in [0.2, 0.25) is 0 Å². The Balaban J connectivity index is 1.62. The number of nitrogens with zero attached hydrogens (tertiary/aromatic N) is 2. The van der Waals surface area contributed by atoms with Gasteiger partial charge >= 0.3 is 0 Å². The van der Waals surface area contributed by atoms with Gasteiger partial charge < -0.3 is 4.90 Å². The fraction of sp³-hybridized carbons (Fsp3) is 0.421. The lowest BCUT2D eigenvalue weighted by atomic mass is 9.95. The van der Waals surface area contributed by atoms with Crippen LogP contribution in [0.5, 0.6) is 0 Å². The van der Waals surface area contributed by atoms with Gasteiger partial charge in [-0.1, -0.05) is 36.4 Å². The molecule has 1 fully saturated rings. The van der Waals surface area contributed by atoms with E-state index in [1.54, 1.807) is 22.4 Å². The molecule has 1 aromatic heterocycles. The van der Waals surface area contributed by atoms with Gasteiger partial charge in [-0.2, -0.15) is 4.31 Å². The molecular formula is C19H24N2O3S2. The van der Waals surface area contributed by atoms with Crippen LogP contribution in [0, 0.1) is 5.92 Å². The van der Waals surface area contributed by atoms with E-state index in [-0.39, 0.29) is 17.9 Å². The molecule has 140 valence electrons. The lowest BCUT2D eigenvalue weighted by molar-refractivity contribution is -0.137. The van der Waals surface area contributed by atoms with Gasteiger partial charge in [0.15, 0.2) is 0 Å². The number of hydrogen-bond donors (Lipinski definition) is 0. The van der Waals surface area contributed by atoms with Crippen molar-refractivity contribution in [3.05, 3.63) is 53.4 Å². The molecule has 1 unspecified atom stereocenters. The van der Waals surface area contributed by atoms with E-state index in [0.717, 1.165) is 5.56 Å². The summed E-state index contributed by atoms with van der Waals surface area (Å²) in [6.07, 6.45) is 1.13. The third-order valence-corrected chi connectivity index (χ3v) is 8.37. The van der Waals surface area contributed by atoms with Crippen molar-refractivity contribution in [2.75, 3.05) is 20.1 Å². The molecule has 1 amide bonds. The summed E-state index contributed by atoms with van der Waals surface area (Å²) in [7, 11) is -1.59. The summed E-state index contributed by atoms with van der Waals surface area (Å²) in [4.78, 5) is 14.6. The first kappa shape index (κ1) is 19.1. The molecule has 0 bridgehead atoms. The van der Waals surface area contributed by atoms with Crippen LogP contribution in [0.15, 0.2) is 52.1 Å². The van der Waals surface area contributed by atoms with Crippen LogP contribution < -0.4 is 0 Å². The Hall–Kier alpha value is -1.70. The zero-order valence-electron chi connectivity index (χ0n) is 15.0. The third-order valence-electron chi connectivity index (χ3n) is 5.10. The van der Waals surface area contributed by atoms with Crippen molar-refractivity contribution in [2.24, 2.45) is 5.92 Å². The van der Waals surface area contributed by atoms with Gasteiger partial charge in [-0.15, -0.1) is 11.3 Å². The van der Waals surface area contributed by atoms with E-state index >= 15 is 0 Å². The van der Waals surface area contributed by atoms with Gasteiger partial charge in [0.05, 0.1) is 6.04 Å². The minimum absolute atomic E-state index is 0.00317. The first-order valence-electron chi connectivity index (χ1n) is 8.76. The Morgan fingerprint density at radius 1 is 1.15 bits per heavy atom. The number of hydrogen-bond acceptors (Lipinski definition) is 4. The predicted octanol–water partition coefficient (Wildman–Crippen LogP) is 3.37. The van der Waals surface area contributed by atoms with Crippen LogP contribution in [0.4, 0.5) is 0 Å². The molecule has 0 N–H and O–H groups in total. The summed E-state index contributed by atoms with van der Waals surface area (Å²) in [6, 6.07) is 13.3. The van der Waals surface area contributed by atoms with Crippen molar-refractivity contribution in [1.82, 2.24) is 9.21 Å². The Bertz CT molecular complexity index is 827. The second-order valence-corrected chi connectivity index (χ2v) is 9.76. The number of sulfonamides is 1. The van der Waals surface area contributed by atoms with E-state index in [2.05, 4.69) is 0 Å². The van der Waals surface area contributed by atoms with E-state index < -0.39 is 10.0 Å². The molecule has 1 aromatic carbocycles. The lowest BCUT2D eigenvalue weighted by Crippen LogP contribution is -2.43. The number of carbonyl (C=O) groups is 1. The maximum atomic E-state index is 12.9. The van der Waals surface area contributed by atoms with Crippen LogP contribution in [0.1, 0.15) is 31.4 Å². The average Bonchev–Trinajstić information content (AvgIpc) is 3.23. The number of carbonyl (C=O) groups excluding carboxylic acids is 1. The van der Waals surface area contributed by atoms with Crippen LogP contribution >= 0.6 is 11.3 Å². The van der Waals surface area contributed by atoms with Crippen molar-refractivity contribution in [3.8, 4) is 0 Å². The molecule has 0 saturated carbocycles. The maximum absolute atomic E-state index is 12.9. The van der Waals surface area contributed by atoms with Gasteiger partial charge in [0.2, 0.25) is 5.91 Å². The second kappa shape index (κ2) is 7.90. The Morgan fingerprint density at radius 3 is 2.38 bits per heavy atom. The fourth-order valence-electron chi connectivity index (χ4n) is 3.31. The summed E-state index contributed by atoms with van der Waals surface area (Å²) < 4.78 is 27.1. The van der Waals surface area contributed by atoms with Gasteiger partial charge in [0, 0.05) is 26.1 Å². The smallest absolute Gasteiger partial charge is 0.252 e. The van der Waals surface area contributed by atoms with Gasteiger partial charge in [0.25, 0.3) is 10.0 Å². The summed E-state index contributed by atoms with van der Waals surface area (Å²) in [5.74, 6) is -0.0320. The first-order valence-corrected chi connectivity index (χ1v) is 11.1. The molecule has 0 aliphatic carbocycles. The highest BCUT2D eigenvalue weighted by Crippen LogP contribution is 2.29. The molecule has 1 aliphatic rings. The van der Waals surface area contributed by atoms with Crippen molar-refractivity contribution in [3.63, 3.8) is 0 Å². The zero-order chi connectivity index (χ0) is 18.7. The maximum Gasteiger partial charge on any atom is 0.252 e. The highest BCUT2D eigenvalue weighted by molar-refractivity contribution is 7.91. The van der Waals surface area contributed by atoms with Crippen LogP contribution in [-0.2, 0) is 14.8 Å². The molecule has 1 atom stereocenters. The number of piperidine rings is 1. The molecule has 0 radical (unpaired) electrons. The molecule has 1 aliphatic heterocycles. The lowest BCUT2D eigenvalue weighted by Gasteiger charge is -2.34. The zero-order valence-corrected chi connectivity index (χ0v) is 16.7. The molecule has 2 heterocycles. The van der Waals surface area contributed by atoms with Gasteiger partial charge in [-0.25, -0.2) is 8.42 Å². The number of benzene rings is 1. The van der Waals surface area contributed by atoms with Gasteiger partial charge in [-0.05, 0) is 36.8 Å². The van der Waals surface area contributed by atoms with E-state index in [9.17, 15) is 13.2 Å². The standard InChI is InChI=1S/C19H24N2O3S2/c1-15(16-7-4-3-5-8-16)20(2)19(22)17-10-12-21(13-11-17)26(23,24)18-9-6-14-25-18/h3-9,14-15,17H,10-13H2,1-2H3. The molecule has 0 spiro atoms. The normalized spacial score (nSPS) is 17.8. The van der Waals surface area contributed by atoms with Gasteiger partial charge in [-0.3, -0.25) is 4.79 Å². The van der Waals surface area contributed by atoms with Crippen molar-refractivity contribution < 1.29 is 13.2 Å². The summed E-state index contributed by atoms with van der Waals surface area (Å²) >= 11 is 1.23. The Kier molecular flexibility index (Phi) is 5.79. The predicted molar refractivity (Wildman–Crippen MR) is 103 cm³/mol. The molecule has 5 nitrogen and oxygen atoms in total. The summed E-state index contributed by atoms with van der Waals surface area (Å²) in [5.41, 5.74) is 1.10. The van der Waals surface area contributed by atoms with Crippen molar-refractivity contribution in [1.29, 1.82) is 0 Å². The topological polar surface area (TPSA) is 57.7 Å². The third kappa shape index (κ3) is 3.84.